The minimum Gasteiger partial charge on any atom is -0.444 e. The molecule has 3 N–H and O–H groups in total. The van der Waals surface area contributed by atoms with Crippen LogP contribution < -0.4 is 11.1 Å². The largest absolute Gasteiger partial charge is 0.444 e. The fourth-order valence-electron chi connectivity index (χ4n) is 2.68. The van der Waals surface area contributed by atoms with Crippen molar-refractivity contribution in [2.75, 3.05) is 44.6 Å². The van der Waals surface area contributed by atoms with Crippen molar-refractivity contribution in [1.82, 2.24) is 9.80 Å². The number of nitrogens with zero attached hydrogens (tertiary/aromatic N) is 3. The molecule has 1 aliphatic rings. The summed E-state index contributed by atoms with van der Waals surface area (Å²) in [6.07, 6.45) is 0.713. The molecule has 8 heteroatoms. The van der Waals surface area contributed by atoms with Gasteiger partial charge in [0.15, 0.2) is 5.96 Å². The number of benzene rings is 1. The summed E-state index contributed by atoms with van der Waals surface area (Å²) in [5.74, 6) is 0.436. The maximum atomic E-state index is 12.1. The first kappa shape index (κ1) is 23.5. The number of guanidine groups is 1. The average Bonchev–Trinajstić information content (AvgIpc) is 2.58. The molecule has 0 saturated carbocycles. The number of carbonyl (C=O) groups excluding carboxylic acids is 1. The van der Waals surface area contributed by atoms with Crippen LogP contribution in [0.3, 0.4) is 0 Å². The lowest BCUT2D eigenvalue weighted by atomic mass is 10.2. The maximum absolute atomic E-state index is 12.1. The first-order valence-corrected chi connectivity index (χ1v) is 9.16. The molecule has 1 aromatic carbocycles. The molecule has 1 aliphatic heterocycles. The molecule has 2 rings (SSSR count). The Kier molecular flexibility index (Phi) is 9.86. The molecule has 1 amide bonds. The first-order valence-electron chi connectivity index (χ1n) is 9.16. The maximum Gasteiger partial charge on any atom is 0.410 e. The highest BCUT2D eigenvalue weighted by molar-refractivity contribution is 14.0. The Labute approximate surface area is 179 Å². The topological polar surface area (TPSA) is 83.2 Å². The second kappa shape index (κ2) is 11.3. The normalized spacial score (nSPS) is 15.8. The summed E-state index contributed by atoms with van der Waals surface area (Å²) in [4.78, 5) is 20.5. The molecule has 0 spiro atoms. The standard InChI is InChI=1S/C19H31N5O2.HI/c1-19(2,3)26-18(25)24-14-12-23(13-15-24)11-7-10-21-17(20)22-16-8-5-4-6-9-16;/h4-6,8-9H,7,10-15H2,1-3H3,(H3,20,21,22);1H. The lowest BCUT2D eigenvalue weighted by molar-refractivity contribution is 0.0145. The van der Waals surface area contributed by atoms with Gasteiger partial charge in [-0.1, -0.05) is 18.2 Å². The average molecular weight is 489 g/mol. The number of halogens is 1. The molecule has 1 aromatic rings. The van der Waals surface area contributed by atoms with Gasteiger partial charge in [0, 0.05) is 45.0 Å². The van der Waals surface area contributed by atoms with Gasteiger partial charge in [0.1, 0.15) is 5.60 Å². The molecule has 0 atom stereocenters. The van der Waals surface area contributed by atoms with E-state index in [-0.39, 0.29) is 30.1 Å². The van der Waals surface area contributed by atoms with Gasteiger partial charge < -0.3 is 20.7 Å². The molecule has 1 heterocycles. The summed E-state index contributed by atoms with van der Waals surface area (Å²) in [6.45, 7) is 10.4. The summed E-state index contributed by atoms with van der Waals surface area (Å²) >= 11 is 0. The number of hydrogen-bond donors (Lipinski definition) is 2. The van der Waals surface area contributed by atoms with Crippen LogP contribution in [0.15, 0.2) is 35.3 Å². The summed E-state index contributed by atoms with van der Waals surface area (Å²) in [5.41, 5.74) is 6.39. The molecule has 0 bridgehead atoms. The molecule has 1 fully saturated rings. The molecule has 0 aromatic heterocycles. The van der Waals surface area contributed by atoms with E-state index in [1.165, 1.54) is 0 Å². The Morgan fingerprint density at radius 3 is 2.41 bits per heavy atom. The third-order valence-corrected chi connectivity index (χ3v) is 3.98. The summed E-state index contributed by atoms with van der Waals surface area (Å²) in [6, 6.07) is 9.76. The number of amides is 1. The van der Waals surface area contributed by atoms with E-state index in [1.807, 2.05) is 51.1 Å². The molecule has 27 heavy (non-hydrogen) atoms. The number of anilines is 1. The molecular formula is C19H32IN5O2. The molecule has 152 valence electrons. The number of nitrogens with two attached hydrogens (primary N) is 1. The van der Waals surface area contributed by atoms with Crippen molar-refractivity contribution in [3.8, 4) is 0 Å². The quantitative estimate of drug-likeness (QED) is 0.288. The minimum absolute atomic E-state index is 0. The Morgan fingerprint density at radius 1 is 1.19 bits per heavy atom. The monoisotopic (exact) mass is 489 g/mol. The van der Waals surface area contributed by atoms with Crippen LogP contribution in [-0.2, 0) is 4.74 Å². The minimum atomic E-state index is -0.445. The lowest BCUT2D eigenvalue weighted by Crippen LogP contribution is -2.50. The van der Waals surface area contributed by atoms with Gasteiger partial charge in [-0.25, -0.2) is 4.79 Å². The number of para-hydroxylation sites is 1. The van der Waals surface area contributed by atoms with E-state index in [1.54, 1.807) is 4.90 Å². The van der Waals surface area contributed by atoms with E-state index in [0.717, 1.165) is 31.7 Å². The van der Waals surface area contributed by atoms with Crippen LogP contribution in [0.4, 0.5) is 10.5 Å². The molecule has 0 unspecified atom stereocenters. The van der Waals surface area contributed by atoms with Gasteiger partial charge >= 0.3 is 6.09 Å². The highest BCUT2D eigenvalue weighted by Crippen LogP contribution is 2.12. The van der Waals surface area contributed by atoms with Crippen LogP contribution in [0.5, 0.6) is 0 Å². The van der Waals surface area contributed by atoms with Crippen molar-refractivity contribution < 1.29 is 9.53 Å². The van der Waals surface area contributed by atoms with E-state index in [9.17, 15) is 4.79 Å². The number of nitrogens with one attached hydrogen (secondary N) is 1. The number of ether oxygens (including phenoxy) is 1. The van der Waals surface area contributed by atoms with Crippen molar-refractivity contribution in [2.24, 2.45) is 10.7 Å². The third kappa shape index (κ3) is 9.28. The highest BCUT2D eigenvalue weighted by Gasteiger charge is 2.25. The Bertz CT molecular complexity index is 596. The molecule has 7 nitrogen and oxygen atoms in total. The summed E-state index contributed by atoms with van der Waals surface area (Å²) < 4.78 is 5.42. The van der Waals surface area contributed by atoms with Crippen LogP contribution in [0.1, 0.15) is 27.2 Å². The lowest BCUT2D eigenvalue weighted by Gasteiger charge is -2.35. The van der Waals surface area contributed by atoms with E-state index in [2.05, 4.69) is 15.2 Å². The molecule has 0 aliphatic carbocycles. The first-order chi connectivity index (χ1) is 12.3. The highest BCUT2D eigenvalue weighted by atomic mass is 127. The summed E-state index contributed by atoms with van der Waals surface area (Å²) in [5, 5.41) is 3.07. The Morgan fingerprint density at radius 2 is 1.81 bits per heavy atom. The van der Waals surface area contributed by atoms with Crippen LogP contribution >= 0.6 is 24.0 Å². The van der Waals surface area contributed by atoms with E-state index in [4.69, 9.17) is 10.5 Å². The van der Waals surface area contributed by atoms with Crippen molar-refractivity contribution >= 4 is 41.7 Å². The smallest absolute Gasteiger partial charge is 0.410 e. The number of piperazine rings is 1. The zero-order valence-electron chi connectivity index (χ0n) is 16.5. The van der Waals surface area contributed by atoms with Crippen LogP contribution in [0.2, 0.25) is 0 Å². The van der Waals surface area contributed by atoms with Crippen molar-refractivity contribution in [3.05, 3.63) is 30.3 Å². The number of aliphatic imine (C=N–C) groups is 1. The number of carbonyl (C=O) groups is 1. The number of rotatable bonds is 5. The fourth-order valence-corrected chi connectivity index (χ4v) is 2.68. The van der Waals surface area contributed by atoms with E-state index >= 15 is 0 Å². The van der Waals surface area contributed by atoms with Gasteiger partial charge in [0.2, 0.25) is 0 Å². The Balaban J connectivity index is 0.00000364. The summed E-state index contributed by atoms with van der Waals surface area (Å²) in [7, 11) is 0. The van der Waals surface area contributed by atoms with Crippen LogP contribution in [0.25, 0.3) is 0 Å². The van der Waals surface area contributed by atoms with Gasteiger partial charge in [-0.2, -0.15) is 0 Å². The second-order valence-electron chi connectivity index (χ2n) is 7.42. The Hall–Kier alpha value is -1.55. The van der Waals surface area contributed by atoms with Crippen LogP contribution in [-0.4, -0.2) is 66.7 Å². The van der Waals surface area contributed by atoms with Gasteiger partial charge in [0.05, 0.1) is 0 Å². The number of hydrogen-bond acceptors (Lipinski definition) is 4. The third-order valence-electron chi connectivity index (χ3n) is 3.98. The zero-order valence-corrected chi connectivity index (χ0v) is 18.8. The SMILES string of the molecule is CC(C)(C)OC(=O)N1CCN(CCCN=C(N)Nc2ccccc2)CC1.I. The predicted molar refractivity (Wildman–Crippen MR) is 121 cm³/mol. The molecular weight excluding hydrogens is 457 g/mol. The molecule has 0 radical (unpaired) electrons. The van der Waals surface area contributed by atoms with Gasteiger partial charge in [-0.3, -0.25) is 9.89 Å². The van der Waals surface area contributed by atoms with Gasteiger partial charge in [-0.05, 0) is 39.3 Å². The fraction of sp³-hybridized carbons (Fsp3) is 0.579. The van der Waals surface area contributed by atoms with E-state index in [0.29, 0.717) is 25.6 Å². The predicted octanol–water partition coefficient (Wildman–Crippen LogP) is 2.97. The van der Waals surface area contributed by atoms with Crippen molar-refractivity contribution in [1.29, 1.82) is 0 Å². The van der Waals surface area contributed by atoms with Gasteiger partial charge in [0.25, 0.3) is 0 Å². The van der Waals surface area contributed by atoms with Gasteiger partial charge in [-0.15, -0.1) is 24.0 Å². The second-order valence-corrected chi connectivity index (χ2v) is 7.42. The zero-order chi connectivity index (χ0) is 19.0. The van der Waals surface area contributed by atoms with Crippen molar-refractivity contribution in [3.63, 3.8) is 0 Å². The van der Waals surface area contributed by atoms with Crippen LogP contribution in [0, 0.1) is 0 Å². The van der Waals surface area contributed by atoms with Crippen molar-refractivity contribution in [2.45, 2.75) is 32.8 Å². The molecule has 1 saturated heterocycles. The van der Waals surface area contributed by atoms with E-state index < -0.39 is 5.60 Å².